The number of carbonyl (C=O) groups excluding carboxylic acids is 1. The maximum atomic E-state index is 10.7. The van der Waals surface area contributed by atoms with E-state index in [1.165, 1.54) is 32.2 Å². The summed E-state index contributed by atoms with van der Waals surface area (Å²) >= 11 is 0. The molecule has 0 N–H and O–H groups in total. The third kappa shape index (κ3) is 1.86. The largest absolute Gasteiger partial charge is 0.302 e. The first kappa shape index (κ1) is 8.24. The summed E-state index contributed by atoms with van der Waals surface area (Å²) in [4.78, 5) is 13.1. The van der Waals surface area contributed by atoms with Gasteiger partial charge in [0.05, 0.1) is 6.04 Å². The summed E-state index contributed by atoms with van der Waals surface area (Å²) in [5.74, 6) is 0.922. The van der Waals surface area contributed by atoms with E-state index in [9.17, 15) is 4.79 Å². The van der Waals surface area contributed by atoms with Crippen LogP contribution in [-0.4, -0.2) is 30.3 Å². The highest BCUT2D eigenvalue weighted by atomic mass is 16.1. The van der Waals surface area contributed by atoms with Gasteiger partial charge in [-0.3, -0.25) is 4.90 Å². The molecule has 0 unspecified atom stereocenters. The summed E-state index contributed by atoms with van der Waals surface area (Å²) in [6.45, 7) is 2.34. The molecular weight excluding hydrogens is 150 g/mol. The lowest BCUT2D eigenvalue weighted by Gasteiger charge is -2.32. The topological polar surface area (TPSA) is 20.3 Å². The summed E-state index contributed by atoms with van der Waals surface area (Å²) in [5, 5.41) is 0. The zero-order chi connectivity index (χ0) is 8.39. The Balaban J connectivity index is 1.85. The van der Waals surface area contributed by atoms with Gasteiger partial charge in [-0.2, -0.15) is 0 Å². The molecule has 2 heteroatoms. The molecule has 1 saturated heterocycles. The maximum Gasteiger partial charge on any atom is 0.137 e. The van der Waals surface area contributed by atoms with Crippen molar-refractivity contribution in [1.82, 2.24) is 4.90 Å². The highest BCUT2D eigenvalue weighted by molar-refractivity contribution is 5.57. The Bertz CT molecular complexity index is 165. The molecule has 0 aromatic rings. The summed E-state index contributed by atoms with van der Waals surface area (Å²) in [6, 6.07) is 0.249. The number of carbonyl (C=O) groups is 1. The molecule has 1 aliphatic carbocycles. The van der Waals surface area contributed by atoms with Gasteiger partial charge in [0, 0.05) is 6.54 Å². The second-order valence-electron chi connectivity index (χ2n) is 4.14. The first-order valence-corrected chi connectivity index (χ1v) is 5.09. The molecule has 1 heterocycles. The number of hydrogen-bond acceptors (Lipinski definition) is 2. The SMILES string of the molecule is O=C[C@@H]1CCCCN1CC1CC1. The normalized spacial score (nSPS) is 31.8. The van der Waals surface area contributed by atoms with Crippen molar-refractivity contribution in [3.8, 4) is 0 Å². The van der Waals surface area contributed by atoms with Gasteiger partial charge >= 0.3 is 0 Å². The van der Waals surface area contributed by atoms with E-state index in [1.54, 1.807) is 0 Å². The van der Waals surface area contributed by atoms with Crippen molar-refractivity contribution in [1.29, 1.82) is 0 Å². The van der Waals surface area contributed by atoms with Gasteiger partial charge in [0.1, 0.15) is 6.29 Å². The van der Waals surface area contributed by atoms with E-state index in [-0.39, 0.29) is 6.04 Å². The molecule has 0 bridgehead atoms. The minimum absolute atomic E-state index is 0.249. The molecule has 2 fully saturated rings. The van der Waals surface area contributed by atoms with Crippen molar-refractivity contribution in [2.45, 2.75) is 38.1 Å². The molecule has 1 saturated carbocycles. The van der Waals surface area contributed by atoms with Crippen LogP contribution in [0.3, 0.4) is 0 Å². The van der Waals surface area contributed by atoms with E-state index in [4.69, 9.17) is 0 Å². The Morgan fingerprint density at radius 2 is 2.08 bits per heavy atom. The zero-order valence-electron chi connectivity index (χ0n) is 7.54. The van der Waals surface area contributed by atoms with Crippen LogP contribution in [0.25, 0.3) is 0 Å². The average Bonchev–Trinajstić information content (AvgIpc) is 2.89. The Kier molecular flexibility index (Phi) is 2.45. The van der Waals surface area contributed by atoms with Gasteiger partial charge in [-0.1, -0.05) is 6.42 Å². The van der Waals surface area contributed by atoms with Gasteiger partial charge in [-0.05, 0) is 38.1 Å². The van der Waals surface area contributed by atoms with E-state index < -0.39 is 0 Å². The second kappa shape index (κ2) is 3.56. The molecule has 1 atom stereocenters. The van der Waals surface area contributed by atoms with E-state index in [1.807, 2.05) is 0 Å². The van der Waals surface area contributed by atoms with Crippen LogP contribution >= 0.6 is 0 Å². The minimum atomic E-state index is 0.249. The number of aldehydes is 1. The molecule has 0 spiro atoms. The average molecular weight is 167 g/mol. The molecule has 0 aromatic carbocycles. The molecule has 0 aromatic heterocycles. The van der Waals surface area contributed by atoms with Gasteiger partial charge in [-0.15, -0.1) is 0 Å². The fourth-order valence-electron chi connectivity index (χ4n) is 2.03. The summed E-state index contributed by atoms with van der Waals surface area (Å²) < 4.78 is 0. The van der Waals surface area contributed by atoms with Gasteiger partial charge in [-0.25, -0.2) is 0 Å². The Hall–Kier alpha value is -0.370. The molecule has 2 rings (SSSR count). The third-order valence-electron chi connectivity index (χ3n) is 3.01. The lowest BCUT2D eigenvalue weighted by Crippen LogP contribution is -2.41. The van der Waals surface area contributed by atoms with Crippen molar-refractivity contribution in [3.05, 3.63) is 0 Å². The standard InChI is InChI=1S/C10H17NO/c12-8-10-3-1-2-6-11(10)7-9-4-5-9/h8-10H,1-7H2/t10-/m0/s1. The summed E-state index contributed by atoms with van der Waals surface area (Å²) in [7, 11) is 0. The maximum absolute atomic E-state index is 10.7. The lowest BCUT2D eigenvalue weighted by molar-refractivity contribution is -0.113. The van der Waals surface area contributed by atoms with Crippen LogP contribution < -0.4 is 0 Å². The monoisotopic (exact) mass is 167 g/mol. The first-order valence-electron chi connectivity index (χ1n) is 5.09. The predicted molar refractivity (Wildman–Crippen MR) is 48.0 cm³/mol. The van der Waals surface area contributed by atoms with Crippen molar-refractivity contribution >= 4 is 6.29 Å². The molecule has 0 radical (unpaired) electrons. The van der Waals surface area contributed by atoms with E-state index in [0.29, 0.717) is 0 Å². The van der Waals surface area contributed by atoms with Crippen molar-refractivity contribution in [3.63, 3.8) is 0 Å². The van der Waals surface area contributed by atoms with Crippen LogP contribution in [0.2, 0.25) is 0 Å². The number of likely N-dealkylation sites (tertiary alicyclic amines) is 1. The van der Waals surface area contributed by atoms with E-state index >= 15 is 0 Å². The molecule has 68 valence electrons. The van der Waals surface area contributed by atoms with Gasteiger partial charge in [0.2, 0.25) is 0 Å². The third-order valence-corrected chi connectivity index (χ3v) is 3.01. The van der Waals surface area contributed by atoms with Crippen LogP contribution in [-0.2, 0) is 4.79 Å². The molecule has 1 aliphatic heterocycles. The molecule has 12 heavy (non-hydrogen) atoms. The number of hydrogen-bond donors (Lipinski definition) is 0. The van der Waals surface area contributed by atoms with Crippen LogP contribution in [0.4, 0.5) is 0 Å². The predicted octanol–water partition coefficient (Wildman–Crippen LogP) is 1.45. The number of nitrogens with zero attached hydrogens (tertiary/aromatic N) is 1. The van der Waals surface area contributed by atoms with Crippen molar-refractivity contribution in [2.75, 3.05) is 13.1 Å². The Labute approximate surface area is 73.9 Å². The summed E-state index contributed by atoms with van der Waals surface area (Å²) in [6.07, 6.45) is 7.55. The Morgan fingerprint density at radius 3 is 2.75 bits per heavy atom. The fourth-order valence-corrected chi connectivity index (χ4v) is 2.03. The van der Waals surface area contributed by atoms with Crippen molar-refractivity contribution < 1.29 is 4.79 Å². The van der Waals surface area contributed by atoms with Gasteiger partial charge in [0.25, 0.3) is 0 Å². The van der Waals surface area contributed by atoms with Gasteiger partial charge in [0.15, 0.2) is 0 Å². The zero-order valence-corrected chi connectivity index (χ0v) is 7.54. The minimum Gasteiger partial charge on any atom is -0.302 e. The van der Waals surface area contributed by atoms with E-state index in [2.05, 4.69) is 4.90 Å². The van der Waals surface area contributed by atoms with Crippen LogP contribution in [0.1, 0.15) is 32.1 Å². The van der Waals surface area contributed by atoms with Crippen LogP contribution in [0.5, 0.6) is 0 Å². The van der Waals surface area contributed by atoms with E-state index in [0.717, 1.165) is 25.2 Å². The van der Waals surface area contributed by atoms with Crippen LogP contribution in [0.15, 0.2) is 0 Å². The highest BCUT2D eigenvalue weighted by Crippen LogP contribution is 2.31. The number of piperidine rings is 1. The molecule has 0 amide bonds. The van der Waals surface area contributed by atoms with Gasteiger partial charge < -0.3 is 4.79 Å². The van der Waals surface area contributed by atoms with Crippen molar-refractivity contribution in [2.24, 2.45) is 5.92 Å². The smallest absolute Gasteiger partial charge is 0.137 e. The highest BCUT2D eigenvalue weighted by Gasteiger charge is 2.29. The lowest BCUT2D eigenvalue weighted by atomic mass is 10.0. The van der Waals surface area contributed by atoms with Crippen LogP contribution in [0, 0.1) is 5.92 Å². The fraction of sp³-hybridized carbons (Fsp3) is 0.900. The molecular formula is C10H17NO. The molecule has 2 nitrogen and oxygen atoms in total. The Morgan fingerprint density at radius 1 is 1.25 bits per heavy atom. The quantitative estimate of drug-likeness (QED) is 0.593. The second-order valence-corrected chi connectivity index (χ2v) is 4.14. The number of rotatable bonds is 3. The first-order chi connectivity index (χ1) is 5.90. The molecule has 2 aliphatic rings. The summed E-state index contributed by atoms with van der Waals surface area (Å²) in [5.41, 5.74) is 0.